The van der Waals surface area contributed by atoms with E-state index in [4.69, 9.17) is 4.98 Å². The zero-order valence-corrected chi connectivity index (χ0v) is 22.2. The molecule has 2 aliphatic carbocycles. The van der Waals surface area contributed by atoms with Gasteiger partial charge in [0.25, 0.3) is 0 Å². The Balaban J connectivity index is 1.75. The highest BCUT2D eigenvalue weighted by molar-refractivity contribution is 5.75. The number of hydrogen-bond donors (Lipinski definition) is 1. The summed E-state index contributed by atoms with van der Waals surface area (Å²) in [6.45, 7) is 4.28. The second-order valence-corrected chi connectivity index (χ2v) is 11.2. The highest BCUT2D eigenvalue weighted by Gasteiger charge is 2.38. The summed E-state index contributed by atoms with van der Waals surface area (Å²) >= 11 is 0. The lowest BCUT2D eigenvalue weighted by atomic mass is 9.73. The molecule has 4 atom stereocenters. The molecule has 2 aromatic carbocycles. The maximum atomic E-state index is 16.7. The maximum absolute atomic E-state index is 16.7. The predicted molar refractivity (Wildman–Crippen MR) is 141 cm³/mol. The minimum atomic E-state index is -4.53. The van der Waals surface area contributed by atoms with Crippen LogP contribution in [0, 0.1) is 17.7 Å². The zero-order valence-electron chi connectivity index (χ0n) is 22.2. The van der Waals surface area contributed by atoms with E-state index in [0.29, 0.717) is 41.1 Å². The van der Waals surface area contributed by atoms with Gasteiger partial charge in [-0.3, -0.25) is 4.98 Å². The van der Waals surface area contributed by atoms with Crippen molar-refractivity contribution in [3.8, 4) is 11.1 Å². The van der Waals surface area contributed by atoms with E-state index in [1.165, 1.54) is 24.3 Å². The van der Waals surface area contributed by atoms with Gasteiger partial charge in [-0.05, 0) is 78.5 Å². The molecular formula is C32H34F5NO. The van der Waals surface area contributed by atoms with E-state index in [2.05, 4.69) is 13.8 Å². The Kier molecular flexibility index (Phi) is 7.82. The second kappa shape index (κ2) is 11.0. The lowest BCUT2D eigenvalue weighted by molar-refractivity contribution is -0.137. The van der Waals surface area contributed by atoms with Crippen molar-refractivity contribution >= 4 is 0 Å². The normalized spacial score (nSPS) is 21.5. The highest BCUT2D eigenvalue weighted by atomic mass is 19.4. The quantitative estimate of drug-likeness (QED) is 0.314. The van der Waals surface area contributed by atoms with Crippen LogP contribution in [0.2, 0.25) is 0 Å². The number of rotatable bonds is 6. The summed E-state index contributed by atoms with van der Waals surface area (Å²) in [5.41, 5.74) is 2.54. The van der Waals surface area contributed by atoms with Gasteiger partial charge in [0.2, 0.25) is 0 Å². The van der Waals surface area contributed by atoms with Gasteiger partial charge in [-0.15, -0.1) is 0 Å². The van der Waals surface area contributed by atoms with Gasteiger partial charge in [0.05, 0.1) is 17.4 Å². The van der Waals surface area contributed by atoms with Gasteiger partial charge in [-0.25, -0.2) is 8.78 Å². The summed E-state index contributed by atoms with van der Waals surface area (Å²) < 4.78 is 70.3. The molecule has 7 heteroatoms. The van der Waals surface area contributed by atoms with Crippen LogP contribution in [0.5, 0.6) is 0 Å². The molecule has 208 valence electrons. The smallest absolute Gasteiger partial charge is 0.388 e. The molecule has 1 aromatic heterocycles. The van der Waals surface area contributed by atoms with Crippen molar-refractivity contribution in [3.63, 3.8) is 0 Å². The van der Waals surface area contributed by atoms with Crippen LogP contribution in [0.4, 0.5) is 22.0 Å². The predicted octanol–water partition coefficient (Wildman–Crippen LogP) is 9.26. The van der Waals surface area contributed by atoms with E-state index >= 15 is 4.39 Å². The van der Waals surface area contributed by atoms with Gasteiger partial charge in [0.15, 0.2) is 6.17 Å². The van der Waals surface area contributed by atoms with Crippen molar-refractivity contribution in [1.82, 2.24) is 4.98 Å². The highest BCUT2D eigenvalue weighted by Crippen LogP contribution is 2.50. The molecule has 0 saturated heterocycles. The van der Waals surface area contributed by atoms with Crippen LogP contribution >= 0.6 is 0 Å². The van der Waals surface area contributed by atoms with E-state index in [9.17, 15) is 22.7 Å². The van der Waals surface area contributed by atoms with E-state index in [1.54, 1.807) is 12.1 Å². The molecule has 3 aromatic rings. The molecule has 2 aliphatic rings. The minimum absolute atomic E-state index is 0.0123. The van der Waals surface area contributed by atoms with Crippen molar-refractivity contribution in [3.05, 3.63) is 88.0 Å². The van der Waals surface area contributed by atoms with Gasteiger partial charge in [-0.2, -0.15) is 13.2 Å². The van der Waals surface area contributed by atoms with Crippen LogP contribution in [0.3, 0.4) is 0 Å². The van der Waals surface area contributed by atoms with E-state index in [0.717, 1.165) is 49.9 Å². The van der Waals surface area contributed by atoms with Crippen molar-refractivity contribution in [2.45, 2.75) is 83.2 Å². The molecule has 0 radical (unpaired) electrons. The van der Waals surface area contributed by atoms with Crippen LogP contribution in [0.25, 0.3) is 11.1 Å². The van der Waals surface area contributed by atoms with Crippen LogP contribution in [0.1, 0.15) is 104 Å². The molecular weight excluding hydrogens is 509 g/mol. The first-order chi connectivity index (χ1) is 18.6. The Bertz CT molecular complexity index is 1300. The molecule has 1 N–H and O–H groups in total. The van der Waals surface area contributed by atoms with Crippen molar-refractivity contribution in [2.24, 2.45) is 11.8 Å². The minimum Gasteiger partial charge on any atom is -0.388 e. The average Bonchev–Trinajstić information content (AvgIpc) is 3.46. The Morgan fingerprint density at radius 3 is 2.23 bits per heavy atom. The molecule has 2 nitrogen and oxygen atoms in total. The number of benzene rings is 2. The van der Waals surface area contributed by atoms with Gasteiger partial charge < -0.3 is 5.11 Å². The summed E-state index contributed by atoms with van der Waals surface area (Å²) in [6.07, 6.45) is -1.36. The molecule has 1 fully saturated rings. The van der Waals surface area contributed by atoms with Crippen LogP contribution in [-0.4, -0.2) is 10.1 Å². The van der Waals surface area contributed by atoms with E-state index < -0.39 is 29.8 Å². The van der Waals surface area contributed by atoms with Crippen molar-refractivity contribution < 1.29 is 27.1 Å². The lowest BCUT2D eigenvalue weighted by Gasteiger charge is -2.35. The van der Waals surface area contributed by atoms with Gasteiger partial charge in [-0.1, -0.05) is 57.4 Å². The van der Waals surface area contributed by atoms with Crippen LogP contribution < -0.4 is 0 Å². The number of alkyl halides is 4. The molecule has 1 saturated carbocycles. The fourth-order valence-electron chi connectivity index (χ4n) is 6.40. The summed E-state index contributed by atoms with van der Waals surface area (Å²) in [7, 11) is 0. The Morgan fingerprint density at radius 1 is 1.00 bits per heavy atom. The third-order valence-electron chi connectivity index (χ3n) is 8.80. The number of aromatic nitrogens is 1. The Hall–Kier alpha value is -2.80. The summed E-state index contributed by atoms with van der Waals surface area (Å²) in [6, 6.07) is 9.93. The fraction of sp³-hybridized carbons (Fsp3) is 0.469. The fourth-order valence-corrected chi connectivity index (χ4v) is 6.40. The summed E-state index contributed by atoms with van der Waals surface area (Å²) in [4.78, 5) is 5.07. The Labute approximate surface area is 226 Å². The SMILES string of the molecule is CCC(C)C1Cc2nc(C3CCCC3)c(C(F)c3ccc(C(F)(F)F)cc3)c(-c3ccc(F)cc3)c2C(O)C1. The van der Waals surface area contributed by atoms with Crippen LogP contribution in [-0.2, 0) is 12.6 Å². The number of pyridine rings is 1. The third-order valence-corrected chi connectivity index (χ3v) is 8.80. The van der Waals surface area contributed by atoms with Crippen molar-refractivity contribution in [1.29, 1.82) is 0 Å². The van der Waals surface area contributed by atoms with Gasteiger partial charge in [0, 0.05) is 22.7 Å². The zero-order chi connectivity index (χ0) is 27.9. The molecule has 0 bridgehead atoms. The first-order valence-corrected chi connectivity index (χ1v) is 13.9. The first-order valence-electron chi connectivity index (χ1n) is 13.9. The first kappa shape index (κ1) is 27.8. The van der Waals surface area contributed by atoms with E-state index in [1.807, 2.05) is 0 Å². The van der Waals surface area contributed by atoms with Gasteiger partial charge >= 0.3 is 6.18 Å². The monoisotopic (exact) mass is 543 g/mol. The van der Waals surface area contributed by atoms with Crippen molar-refractivity contribution in [2.75, 3.05) is 0 Å². The molecule has 1 heterocycles. The molecule has 0 spiro atoms. The molecule has 4 unspecified atom stereocenters. The number of halogens is 5. The molecule has 39 heavy (non-hydrogen) atoms. The molecule has 0 aliphatic heterocycles. The Morgan fingerprint density at radius 2 is 1.64 bits per heavy atom. The summed E-state index contributed by atoms with van der Waals surface area (Å²) in [5, 5.41) is 11.5. The topological polar surface area (TPSA) is 33.1 Å². The lowest BCUT2D eigenvalue weighted by Crippen LogP contribution is -2.27. The third kappa shape index (κ3) is 5.47. The number of fused-ring (bicyclic) bond motifs is 1. The maximum Gasteiger partial charge on any atom is 0.416 e. The number of nitrogens with zero attached hydrogens (tertiary/aromatic N) is 1. The average molecular weight is 544 g/mol. The van der Waals surface area contributed by atoms with Crippen LogP contribution in [0.15, 0.2) is 48.5 Å². The number of hydrogen-bond acceptors (Lipinski definition) is 2. The standard InChI is InChI=1S/C32H34F5NO/c1-3-18(2)22-16-25-28(26(39)17-22)27(19-10-14-24(33)15-11-19)29(31(38-25)21-6-4-5-7-21)30(34)20-8-12-23(13-9-20)32(35,36)37/h8-15,18,21-22,26,30,39H,3-7,16-17H2,1-2H3. The second-order valence-electron chi connectivity index (χ2n) is 11.2. The summed E-state index contributed by atoms with van der Waals surface area (Å²) in [5.74, 6) is 0.179. The number of aliphatic hydroxyl groups excluding tert-OH is 1. The van der Waals surface area contributed by atoms with Gasteiger partial charge in [0.1, 0.15) is 5.82 Å². The number of aliphatic hydroxyl groups is 1. The molecule has 5 rings (SSSR count). The largest absolute Gasteiger partial charge is 0.416 e. The molecule has 0 amide bonds. The van der Waals surface area contributed by atoms with E-state index in [-0.39, 0.29) is 23.0 Å².